The molecule has 0 atom stereocenters. The minimum atomic E-state index is -4.52. The van der Waals surface area contributed by atoms with E-state index in [1.54, 1.807) is 15.9 Å². The van der Waals surface area contributed by atoms with E-state index in [9.17, 15) is 23.1 Å². The Balaban J connectivity index is 1.60. The molecule has 0 radical (unpaired) electrons. The Morgan fingerprint density at radius 1 is 1.21 bits per heavy atom. The molecule has 7 nitrogen and oxygen atoms in total. The molecule has 1 fully saturated rings. The number of rotatable bonds is 2. The molecule has 1 N–H and O–H groups in total. The van der Waals surface area contributed by atoms with Crippen LogP contribution in [0.15, 0.2) is 16.5 Å². The lowest BCUT2D eigenvalue weighted by Crippen LogP contribution is -2.48. The number of alkyl halides is 3. The summed E-state index contributed by atoms with van der Waals surface area (Å²) >= 11 is 0.484. The molecule has 1 amide bonds. The number of aliphatic hydroxyl groups is 1. The maximum atomic E-state index is 12.6. The van der Waals surface area contributed by atoms with Crippen LogP contribution in [-0.4, -0.2) is 57.9 Å². The lowest BCUT2D eigenvalue weighted by atomic mass is 10.1. The Bertz CT molecular complexity index is 912. The van der Waals surface area contributed by atoms with Gasteiger partial charge in [-0.1, -0.05) is 17.3 Å². The number of aromatic nitrogens is 2. The van der Waals surface area contributed by atoms with Crippen molar-refractivity contribution in [1.29, 1.82) is 0 Å². The number of nitrogens with zero attached hydrogens (tertiary/aromatic N) is 4. The van der Waals surface area contributed by atoms with Crippen molar-refractivity contribution in [2.24, 2.45) is 0 Å². The number of halogens is 3. The Kier molecular flexibility index (Phi) is 5.36. The monoisotopic (exact) mass is 414 g/mol. The average molecular weight is 414 g/mol. The highest BCUT2D eigenvalue weighted by molar-refractivity contribution is 7.15. The highest BCUT2D eigenvalue weighted by Crippen LogP contribution is 2.34. The molecule has 2 aromatic rings. The highest BCUT2D eigenvalue weighted by Gasteiger charge is 2.36. The van der Waals surface area contributed by atoms with Crippen molar-refractivity contribution >= 4 is 22.4 Å². The van der Waals surface area contributed by atoms with Crippen LogP contribution in [0.25, 0.3) is 0 Å². The number of amides is 1. The molecule has 0 saturated carbocycles. The standard InChI is InChI=1S/C17H17F3N4O3S/c1-16(2,26)6-5-11-3-4-12(27-11)13(25)23-7-9-24(10-8-23)15-22-21-14(28-15)17(18,19)20/h3-4,26H,7-10H2,1-2H3. The van der Waals surface area contributed by atoms with Gasteiger partial charge in [0.15, 0.2) is 11.5 Å². The number of carbonyl (C=O) groups is 1. The summed E-state index contributed by atoms with van der Waals surface area (Å²) in [6.07, 6.45) is -4.52. The Labute approximate surface area is 162 Å². The van der Waals surface area contributed by atoms with E-state index in [-0.39, 0.29) is 22.6 Å². The summed E-state index contributed by atoms with van der Waals surface area (Å²) in [7, 11) is 0. The van der Waals surface area contributed by atoms with Gasteiger partial charge in [-0.3, -0.25) is 4.79 Å². The van der Waals surface area contributed by atoms with Crippen LogP contribution in [0.4, 0.5) is 18.3 Å². The Morgan fingerprint density at radius 2 is 1.89 bits per heavy atom. The number of carbonyl (C=O) groups excluding carboxylic acids is 1. The number of hydrogen-bond acceptors (Lipinski definition) is 7. The third kappa shape index (κ3) is 4.82. The summed E-state index contributed by atoms with van der Waals surface area (Å²) in [4.78, 5) is 15.8. The lowest BCUT2D eigenvalue weighted by molar-refractivity contribution is -0.138. The van der Waals surface area contributed by atoms with Crippen molar-refractivity contribution in [1.82, 2.24) is 15.1 Å². The van der Waals surface area contributed by atoms with E-state index in [0.717, 1.165) is 0 Å². The number of hydrogen-bond donors (Lipinski definition) is 1. The number of anilines is 1. The topological polar surface area (TPSA) is 82.7 Å². The van der Waals surface area contributed by atoms with Crippen LogP contribution in [0.3, 0.4) is 0 Å². The first kappa shape index (κ1) is 20.2. The van der Waals surface area contributed by atoms with Crippen molar-refractivity contribution in [2.45, 2.75) is 25.6 Å². The molecule has 28 heavy (non-hydrogen) atoms. The van der Waals surface area contributed by atoms with E-state index in [0.29, 0.717) is 37.5 Å². The zero-order chi connectivity index (χ0) is 20.5. The zero-order valence-corrected chi connectivity index (χ0v) is 15.9. The zero-order valence-electron chi connectivity index (χ0n) is 15.1. The fourth-order valence-corrected chi connectivity index (χ4v) is 3.21. The molecule has 2 aromatic heterocycles. The van der Waals surface area contributed by atoms with Crippen LogP contribution >= 0.6 is 11.3 Å². The number of piperazine rings is 1. The van der Waals surface area contributed by atoms with Gasteiger partial charge in [0.25, 0.3) is 5.91 Å². The lowest BCUT2D eigenvalue weighted by Gasteiger charge is -2.33. The Hall–Kier alpha value is -2.58. The van der Waals surface area contributed by atoms with Gasteiger partial charge >= 0.3 is 6.18 Å². The average Bonchev–Trinajstić information content (AvgIpc) is 3.28. The van der Waals surface area contributed by atoms with Crippen molar-refractivity contribution in [3.63, 3.8) is 0 Å². The normalized spacial score (nSPS) is 15.4. The van der Waals surface area contributed by atoms with E-state index >= 15 is 0 Å². The van der Waals surface area contributed by atoms with Crippen LogP contribution in [-0.2, 0) is 6.18 Å². The fraction of sp³-hybridized carbons (Fsp3) is 0.471. The molecule has 3 rings (SSSR count). The first-order valence-electron chi connectivity index (χ1n) is 8.33. The summed E-state index contributed by atoms with van der Waals surface area (Å²) in [6.45, 7) is 4.36. The van der Waals surface area contributed by atoms with Gasteiger partial charge in [0, 0.05) is 26.2 Å². The first-order chi connectivity index (χ1) is 13.0. The van der Waals surface area contributed by atoms with Crippen molar-refractivity contribution in [2.75, 3.05) is 31.1 Å². The summed E-state index contributed by atoms with van der Waals surface area (Å²) in [6, 6.07) is 3.05. The largest absolute Gasteiger partial charge is 0.445 e. The third-order valence-corrected chi connectivity index (χ3v) is 4.83. The molecule has 150 valence electrons. The summed E-state index contributed by atoms with van der Waals surface area (Å²) in [5.74, 6) is 5.30. The minimum Gasteiger partial charge on any atom is -0.443 e. The predicted molar refractivity (Wildman–Crippen MR) is 94.9 cm³/mol. The highest BCUT2D eigenvalue weighted by atomic mass is 32.1. The first-order valence-corrected chi connectivity index (χ1v) is 9.15. The van der Waals surface area contributed by atoms with E-state index < -0.39 is 16.8 Å². The van der Waals surface area contributed by atoms with Crippen molar-refractivity contribution in [3.05, 3.63) is 28.7 Å². The van der Waals surface area contributed by atoms with Crippen LogP contribution in [0.1, 0.15) is 35.2 Å². The van der Waals surface area contributed by atoms with Crippen molar-refractivity contribution < 1.29 is 27.5 Å². The van der Waals surface area contributed by atoms with Gasteiger partial charge in [-0.25, -0.2) is 0 Å². The van der Waals surface area contributed by atoms with Crippen LogP contribution in [0.2, 0.25) is 0 Å². The van der Waals surface area contributed by atoms with Gasteiger partial charge in [-0.05, 0) is 31.9 Å². The SMILES string of the molecule is CC(C)(O)C#Cc1ccc(C(=O)N2CCN(c3nnc(C(F)(F)F)s3)CC2)o1. The molecule has 0 spiro atoms. The van der Waals surface area contributed by atoms with Crippen LogP contribution < -0.4 is 4.90 Å². The van der Waals surface area contributed by atoms with E-state index in [4.69, 9.17) is 4.42 Å². The van der Waals surface area contributed by atoms with Crippen molar-refractivity contribution in [3.8, 4) is 11.8 Å². The van der Waals surface area contributed by atoms with Gasteiger partial charge < -0.3 is 19.3 Å². The molecule has 1 aliphatic rings. The molecular formula is C17H17F3N4O3S. The van der Waals surface area contributed by atoms with Crippen LogP contribution in [0.5, 0.6) is 0 Å². The molecular weight excluding hydrogens is 397 g/mol. The second kappa shape index (κ2) is 7.44. The van der Waals surface area contributed by atoms with Gasteiger partial charge in [-0.2, -0.15) is 13.2 Å². The quantitative estimate of drug-likeness (QED) is 0.759. The maximum absolute atomic E-state index is 12.6. The molecule has 0 unspecified atom stereocenters. The van der Waals surface area contributed by atoms with E-state index in [1.807, 2.05) is 0 Å². The summed E-state index contributed by atoms with van der Waals surface area (Å²) in [5.41, 5.74) is -1.18. The van der Waals surface area contributed by atoms with E-state index in [2.05, 4.69) is 22.0 Å². The maximum Gasteiger partial charge on any atom is 0.445 e. The second-order valence-electron chi connectivity index (χ2n) is 6.64. The smallest absolute Gasteiger partial charge is 0.443 e. The predicted octanol–water partition coefficient (Wildman–Crippen LogP) is 2.23. The molecule has 0 aromatic carbocycles. The van der Waals surface area contributed by atoms with Gasteiger partial charge in [0.2, 0.25) is 10.1 Å². The van der Waals surface area contributed by atoms with Gasteiger partial charge in [-0.15, -0.1) is 10.2 Å². The number of furan rings is 1. The van der Waals surface area contributed by atoms with E-state index in [1.165, 1.54) is 19.9 Å². The Morgan fingerprint density at radius 3 is 2.46 bits per heavy atom. The molecule has 1 aliphatic heterocycles. The van der Waals surface area contributed by atoms with Gasteiger partial charge in [0.1, 0.15) is 5.60 Å². The van der Waals surface area contributed by atoms with Gasteiger partial charge in [0.05, 0.1) is 0 Å². The third-order valence-electron chi connectivity index (χ3n) is 3.80. The molecule has 1 saturated heterocycles. The molecule has 3 heterocycles. The molecule has 11 heteroatoms. The fourth-order valence-electron chi connectivity index (χ4n) is 2.45. The summed E-state index contributed by atoms with van der Waals surface area (Å²) in [5, 5.41) is 15.6. The van der Waals surface area contributed by atoms with Crippen LogP contribution in [0, 0.1) is 11.8 Å². The second-order valence-corrected chi connectivity index (χ2v) is 7.60. The summed E-state index contributed by atoms with van der Waals surface area (Å²) < 4.78 is 43.4. The molecule has 0 bridgehead atoms. The molecule has 0 aliphatic carbocycles. The minimum absolute atomic E-state index is 0.115.